The number of para-hydroxylation sites is 1. The molecule has 9 heteroatoms. The van der Waals surface area contributed by atoms with Gasteiger partial charge < -0.3 is 19.5 Å². The Labute approximate surface area is 164 Å². The number of carbonyl (C=O) groups excluding carboxylic acids is 1. The number of ether oxygens (including phenoxy) is 3. The molecule has 0 spiro atoms. The van der Waals surface area contributed by atoms with E-state index >= 15 is 0 Å². The first-order chi connectivity index (χ1) is 13.4. The minimum absolute atomic E-state index is 0.128. The van der Waals surface area contributed by atoms with Gasteiger partial charge in [0.1, 0.15) is 5.75 Å². The van der Waals surface area contributed by atoms with Gasteiger partial charge >= 0.3 is 0 Å². The Morgan fingerprint density at radius 1 is 1.04 bits per heavy atom. The molecule has 0 aromatic heterocycles. The zero-order valence-electron chi connectivity index (χ0n) is 15.9. The molecule has 0 radical (unpaired) electrons. The third kappa shape index (κ3) is 3.70. The van der Waals surface area contributed by atoms with Crippen molar-refractivity contribution in [1.29, 1.82) is 0 Å². The van der Waals surface area contributed by atoms with Crippen LogP contribution in [0.25, 0.3) is 0 Å². The molecule has 2 aromatic carbocycles. The molecule has 150 valence electrons. The summed E-state index contributed by atoms with van der Waals surface area (Å²) in [7, 11) is 1.11. The molecule has 8 nitrogen and oxygen atoms in total. The van der Waals surface area contributed by atoms with Gasteiger partial charge in [-0.2, -0.15) is 0 Å². The number of nitrogens with zero attached hydrogens (tertiary/aromatic N) is 1. The van der Waals surface area contributed by atoms with Gasteiger partial charge in [0.15, 0.2) is 11.5 Å². The monoisotopic (exact) mass is 406 g/mol. The predicted molar refractivity (Wildman–Crippen MR) is 106 cm³/mol. The van der Waals surface area contributed by atoms with E-state index in [1.807, 2.05) is 0 Å². The summed E-state index contributed by atoms with van der Waals surface area (Å²) in [5.41, 5.74) is 1.22. The summed E-state index contributed by atoms with van der Waals surface area (Å²) in [5.74, 6) is 0.840. The molecule has 1 aliphatic rings. The van der Waals surface area contributed by atoms with Crippen LogP contribution >= 0.6 is 0 Å². The van der Waals surface area contributed by atoms with Gasteiger partial charge in [-0.25, -0.2) is 8.42 Å². The van der Waals surface area contributed by atoms with Gasteiger partial charge in [0.05, 0.1) is 44.0 Å². The maximum atomic E-state index is 12.8. The normalized spacial score (nSPS) is 15.2. The van der Waals surface area contributed by atoms with Crippen LogP contribution in [0.1, 0.15) is 16.8 Å². The Balaban J connectivity index is 1.90. The minimum atomic E-state index is -3.30. The molecule has 1 aliphatic heterocycles. The standard InChI is InChI=1S/C19H22N2O6S/c1-25-16-7-4-6-14(18(16)27-3)19(22)20-15-9-8-13(12-17(15)26-2)21-10-5-11-28(21,23)24/h4,6-9,12H,5,10-11H2,1-3H3,(H,20,22). The summed E-state index contributed by atoms with van der Waals surface area (Å²) in [6.45, 7) is 0.429. The van der Waals surface area contributed by atoms with Gasteiger partial charge in [0.25, 0.3) is 5.91 Å². The zero-order valence-corrected chi connectivity index (χ0v) is 16.7. The molecule has 3 rings (SSSR count). The van der Waals surface area contributed by atoms with E-state index in [0.29, 0.717) is 47.2 Å². The number of sulfonamides is 1. The number of amides is 1. The van der Waals surface area contributed by atoms with E-state index in [4.69, 9.17) is 14.2 Å². The summed E-state index contributed by atoms with van der Waals surface area (Å²) in [6, 6.07) is 9.86. The molecule has 1 fully saturated rings. The maximum absolute atomic E-state index is 12.8. The van der Waals surface area contributed by atoms with Crippen molar-refractivity contribution < 1.29 is 27.4 Å². The predicted octanol–water partition coefficient (Wildman–Crippen LogP) is 2.50. The van der Waals surface area contributed by atoms with Crippen LogP contribution in [0.5, 0.6) is 17.2 Å². The van der Waals surface area contributed by atoms with E-state index < -0.39 is 15.9 Å². The number of benzene rings is 2. The van der Waals surface area contributed by atoms with E-state index in [2.05, 4.69) is 5.32 Å². The second kappa shape index (κ2) is 7.97. The quantitative estimate of drug-likeness (QED) is 0.792. The fourth-order valence-corrected chi connectivity index (χ4v) is 4.68. The van der Waals surface area contributed by atoms with Gasteiger partial charge in [-0.3, -0.25) is 9.10 Å². The Hall–Kier alpha value is -2.94. The number of rotatable bonds is 6. The van der Waals surface area contributed by atoms with Gasteiger partial charge in [-0.1, -0.05) is 6.07 Å². The third-order valence-corrected chi connectivity index (χ3v) is 6.34. The van der Waals surface area contributed by atoms with Gasteiger partial charge in [0.2, 0.25) is 10.0 Å². The number of methoxy groups -OCH3 is 3. The van der Waals surface area contributed by atoms with Crippen molar-refractivity contribution in [2.75, 3.05) is 43.2 Å². The van der Waals surface area contributed by atoms with Crippen LogP contribution in [-0.4, -0.2) is 48.0 Å². The van der Waals surface area contributed by atoms with E-state index in [1.54, 1.807) is 36.4 Å². The van der Waals surface area contributed by atoms with E-state index in [9.17, 15) is 13.2 Å². The van der Waals surface area contributed by atoms with Crippen molar-refractivity contribution in [3.8, 4) is 17.2 Å². The molecule has 0 atom stereocenters. The molecule has 0 bridgehead atoms. The van der Waals surface area contributed by atoms with Crippen LogP contribution in [0.2, 0.25) is 0 Å². The fourth-order valence-electron chi connectivity index (χ4n) is 3.12. The Morgan fingerprint density at radius 2 is 1.79 bits per heavy atom. The third-order valence-electron chi connectivity index (χ3n) is 4.47. The lowest BCUT2D eigenvalue weighted by Gasteiger charge is -2.19. The van der Waals surface area contributed by atoms with Crippen LogP contribution in [-0.2, 0) is 10.0 Å². The lowest BCUT2D eigenvalue weighted by Crippen LogP contribution is -2.25. The molecule has 28 heavy (non-hydrogen) atoms. The number of anilines is 2. The van der Waals surface area contributed by atoms with Crippen LogP contribution in [0.15, 0.2) is 36.4 Å². The molecule has 0 aliphatic carbocycles. The number of nitrogens with one attached hydrogen (secondary N) is 1. The molecule has 2 aromatic rings. The van der Waals surface area contributed by atoms with Gasteiger partial charge in [-0.05, 0) is 30.7 Å². The number of carbonyl (C=O) groups is 1. The lowest BCUT2D eigenvalue weighted by molar-refractivity contribution is 0.102. The van der Waals surface area contributed by atoms with E-state index in [-0.39, 0.29) is 5.75 Å². The van der Waals surface area contributed by atoms with Crippen LogP contribution in [0.3, 0.4) is 0 Å². The molecule has 1 N–H and O–H groups in total. The maximum Gasteiger partial charge on any atom is 0.259 e. The molecule has 0 saturated carbocycles. The molecular weight excluding hydrogens is 384 g/mol. The fraction of sp³-hybridized carbons (Fsp3) is 0.316. The van der Waals surface area contributed by atoms with Crippen molar-refractivity contribution >= 4 is 27.3 Å². The average Bonchev–Trinajstić information content (AvgIpc) is 3.06. The van der Waals surface area contributed by atoms with Crippen LogP contribution in [0, 0.1) is 0 Å². The molecule has 0 unspecified atom stereocenters. The highest BCUT2D eigenvalue weighted by Gasteiger charge is 2.29. The first kappa shape index (κ1) is 19.8. The Morgan fingerprint density at radius 3 is 2.39 bits per heavy atom. The Bertz CT molecular complexity index is 990. The second-order valence-electron chi connectivity index (χ2n) is 6.12. The topological polar surface area (TPSA) is 94.2 Å². The van der Waals surface area contributed by atoms with Crippen LogP contribution in [0.4, 0.5) is 11.4 Å². The molecule has 1 heterocycles. The van der Waals surface area contributed by atoms with Gasteiger partial charge in [0, 0.05) is 12.6 Å². The summed E-state index contributed by atoms with van der Waals surface area (Å²) in [5, 5.41) is 2.77. The van der Waals surface area contributed by atoms with Crippen molar-refractivity contribution in [2.45, 2.75) is 6.42 Å². The van der Waals surface area contributed by atoms with Crippen molar-refractivity contribution in [3.05, 3.63) is 42.0 Å². The molecular formula is C19H22N2O6S. The summed E-state index contributed by atoms with van der Waals surface area (Å²) in [4.78, 5) is 12.8. The van der Waals surface area contributed by atoms with E-state index in [1.165, 1.54) is 25.6 Å². The first-order valence-electron chi connectivity index (χ1n) is 8.62. The van der Waals surface area contributed by atoms with E-state index in [0.717, 1.165) is 0 Å². The van der Waals surface area contributed by atoms with Crippen molar-refractivity contribution in [1.82, 2.24) is 0 Å². The highest BCUT2D eigenvalue weighted by atomic mass is 32.2. The summed E-state index contributed by atoms with van der Waals surface area (Å²) < 4.78 is 41.5. The van der Waals surface area contributed by atoms with Crippen LogP contribution < -0.4 is 23.8 Å². The Kier molecular flexibility index (Phi) is 5.64. The first-order valence-corrected chi connectivity index (χ1v) is 10.2. The molecule has 1 amide bonds. The van der Waals surface area contributed by atoms with Gasteiger partial charge in [-0.15, -0.1) is 0 Å². The number of hydrogen-bond acceptors (Lipinski definition) is 6. The lowest BCUT2D eigenvalue weighted by atomic mass is 10.1. The molecule has 1 saturated heterocycles. The highest BCUT2D eigenvalue weighted by Crippen LogP contribution is 2.35. The number of hydrogen-bond donors (Lipinski definition) is 1. The SMILES string of the molecule is COc1cc(N2CCCS2(=O)=O)ccc1NC(=O)c1cccc(OC)c1OC. The smallest absolute Gasteiger partial charge is 0.259 e. The highest BCUT2D eigenvalue weighted by molar-refractivity contribution is 7.93. The summed E-state index contributed by atoms with van der Waals surface area (Å²) in [6.07, 6.45) is 0.582. The zero-order chi connectivity index (χ0) is 20.3. The van der Waals surface area contributed by atoms with Crippen molar-refractivity contribution in [2.24, 2.45) is 0 Å². The average molecular weight is 406 g/mol. The minimum Gasteiger partial charge on any atom is -0.494 e. The van der Waals surface area contributed by atoms with Crippen molar-refractivity contribution in [3.63, 3.8) is 0 Å². The summed E-state index contributed by atoms with van der Waals surface area (Å²) >= 11 is 0. The second-order valence-corrected chi connectivity index (χ2v) is 8.13. The largest absolute Gasteiger partial charge is 0.494 e.